The van der Waals surface area contributed by atoms with Gasteiger partial charge in [-0.2, -0.15) is 0 Å². The molecule has 0 spiro atoms. The van der Waals surface area contributed by atoms with Crippen molar-refractivity contribution in [3.05, 3.63) is 47.5 Å². The lowest BCUT2D eigenvalue weighted by Gasteiger charge is -2.38. The van der Waals surface area contributed by atoms with Crippen LogP contribution >= 0.6 is 0 Å². The fourth-order valence-corrected chi connectivity index (χ4v) is 5.01. The zero-order valence-electron chi connectivity index (χ0n) is 16.8. The van der Waals surface area contributed by atoms with Crippen LogP contribution in [-0.4, -0.2) is 51.8 Å². The lowest BCUT2D eigenvalue weighted by atomic mass is 9.87. The maximum Gasteiger partial charge on any atom is 0.228 e. The number of amides is 1. The van der Waals surface area contributed by atoms with Crippen molar-refractivity contribution in [3.8, 4) is 0 Å². The van der Waals surface area contributed by atoms with E-state index in [1.165, 1.54) is 0 Å². The molecule has 0 bridgehead atoms. The number of carbonyl (C=O) groups is 1. The molecular weight excluding hydrogens is 366 g/mol. The van der Waals surface area contributed by atoms with Gasteiger partial charge in [-0.3, -0.25) is 4.79 Å². The normalized spacial score (nSPS) is 25.6. The van der Waals surface area contributed by atoms with Gasteiger partial charge in [-0.25, -0.2) is 0 Å². The number of likely N-dealkylation sites (tertiary alicyclic amines) is 1. The van der Waals surface area contributed by atoms with E-state index in [4.69, 9.17) is 4.74 Å². The zero-order valence-corrected chi connectivity index (χ0v) is 16.8. The van der Waals surface area contributed by atoms with Crippen molar-refractivity contribution in [3.63, 3.8) is 0 Å². The van der Waals surface area contributed by atoms with Crippen LogP contribution in [0.5, 0.6) is 0 Å². The van der Waals surface area contributed by atoms with Crippen molar-refractivity contribution in [1.29, 1.82) is 0 Å². The summed E-state index contributed by atoms with van der Waals surface area (Å²) in [4.78, 5) is 15.4. The maximum absolute atomic E-state index is 13.4. The first-order chi connectivity index (χ1) is 14.3. The Labute approximate surface area is 171 Å². The van der Waals surface area contributed by atoms with E-state index in [0.29, 0.717) is 5.92 Å². The number of nitrogens with one attached hydrogen (secondary N) is 1. The van der Waals surface area contributed by atoms with E-state index in [0.717, 1.165) is 82.2 Å². The summed E-state index contributed by atoms with van der Waals surface area (Å²) in [5.41, 5.74) is 1.11. The van der Waals surface area contributed by atoms with Crippen LogP contribution in [0.4, 0.5) is 0 Å². The van der Waals surface area contributed by atoms with E-state index in [2.05, 4.69) is 37.1 Å². The molecule has 1 amide bonds. The Kier molecular flexibility index (Phi) is 5.33. The predicted octanol–water partition coefficient (Wildman–Crippen LogP) is 2.26. The predicted molar refractivity (Wildman–Crippen MR) is 108 cm³/mol. The third-order valence-electron chi connectivity index (χ3n) is 6.59. The topological polar surface area (TPSA) is 72.3 Å². The summed E-state index contributed by atoms with van der Waals surface area (Å²) >= 11 is 0. The first kappa shape index (κ1) is 18.8. The molecule has 7 heteroatoms. The zero-order chi connectivity index (χ0) is 19.6. The van der Waals surface area contributed by atoms with E-state index in [-0.39, 0.29) is 17.9 Å². The first-order valence-corrected chi connectivity index (χ1v) is 10.9. The Morgan fingerprint density at radius 3 is 2.72 bits per heavy atom. The molecule has 4 heterocycles. The minimum absolute atomic E-state index is 0.0744. The highest BCUT2D eigenvalue weighted by molar-refractivity contribution is 5.80. The van der Waals surface area contributed by atoms with Gasteiger partial charge in [0, 0.05) is 38.7 Å². The lowest BCUT2D eigenvalue weighted by molar-refractivity contribution is -0.146. The van der Waals surface area contributed by atoms with Crippen LogP contribution in [0, 0.1) is 5.92 Å². The van der Waals surface area contributed by atoms with Crippen molar-refractivity contribution in [2.45, 2.75) is 50.8 Å². The minimum atomic E-state index is -0.119. The largest absolute Gasteiger partial charge is 0.373 e. The molecular formula is C22H29N5O2. The van der Waals surface area contributed by atoms with Crippen LogP contribution in [0.2, 0.25) is 0 Å². The van der Waals surface area contributed by atoms with Crippen molar-refractivity contribution in [2.75, 3.05) is 26.2 Å². The smallest absolute Gasteiger partial charge is 0.228 e. The number of hydrogen-bond donors (Lipinski definition) is 1. The van der Waals surface area contributed by atoms with E-state index < -0.39 is 0 Å². The van der Waals surface area contributed by atoms with Gasteiger partial charge in [0.1, 0.15) is 11.6 Å². The summed E-state index contributed by atoms with van der Waals surface area (Å²) in [5.74, 6) is 2.72. The van der Waals surface area contributed by atoms with Gasteiger partial charge in [0.25, 0.3) is 0 Å². The van der Waals surface area contributed by atoms with Crippen LogP contribution < -0.4 is 5.32 Å². The summed E-state index contributed by atoms with van der Waals surface area (Å²) in [6.07, 6.45) is 3.66. The number of hydrogen-bond acceptors (Lipinski definition) is 5. The number of piperidine rings is 1. The summed E-state index contributed by atoms with van der Waals surface area (Å²) in [7, 11) is 0. The van der Waals surface area contributed by atoms with Gasteiger partial charge in [0.05, 0.1) is 18.6 Å². The highest BCUT2D eigenvalue weighted by Crippen LogP contribution is 2.36. The summed E-state index contributed by atoms with van der Waals surface area (Å²) in [5, 5.41) is 12.2. The molecule has 7 nitrogen and oxygen atoms in total. The number of aromatic nitrogens is 3. The van der Waals surface area contributed by atoms with Gasteiger partial charge in [0.2, 0.25) is 5.91 Å². The van der Waals surface area contributed by atoms with E-state index in [1.807, 2.05) is 18.2 Å². The fraction of sp³-hybridized carbons (Fsp3) is 0.591. The molecule has 3 aliphatic rings. The fourth-order valence-electron chi connectivity index (χ4n) is 5.01. The molecule has 29 heavy (non-hydrogen) atoms. The number of carbonyl (C=O) groups excluding carboxylic acids is 1. The summed E-state index contributed by atoms with van der Waals surface area (Å²) < 4.78 is 8.33. The molecule has 2 unspecified atom stereocenters. The third-order valence-corrected chi connectivity index (χ3v) is 6.59. The Hall–Kier alpha value is -2.25. The Bertz CT molecular complexity index is 844. The average molecular weight is 396 g/mol. The third kappa shape index (κ3) is 3.69. The highest BCUT2D eigenvalue weighted by atomic mass is 16.5. The Morgan fingerprint density at radius 1 is 1.07 bits per heavy atom. The molecule has 3 aliphatic heterocycles. The Morgan fingerprint density at radius 2 is 1.90 bits per heavy atom. The molecule has 0 radical (unpaired) electrons. The minimum Gasteiger partial charge on any atom is -0.373 e. The molecule has 1 aromatic carbocycles. The number of nitrogens with zero attached hydrogens (tertiary/aromatic N) is 4. The summed E-state index contributed by atoms with van der Waals surface area (Å²) in [6, 6.07) is 10.2. The molecule has 5 rings (SSSR count). The van der Waals surface area contributed by atoms with Crippen LogP contribution in [0.25, 0.3) is 0 Å². The number of benzene rings is 1. The maximum atomic E-state index is 13.4. The number of ether oxygens (including phenoxy) is 1. The second-order valence-electron chi connectivity index (χ2n) is 8.35. The standard InChI is InChI=1S/C22H29N5O2/c28-22(18-7-4-14-29-20(18)16-5-2-1-3-6-16)26-11-8-17(9-12-26)21-25-24-19-15-23-10-13-27(19)21/h1-3,5-6,17-18,20,23H,4,7-15H2. The SMILES string of the molecule is O=C(C1CCCOC1c1ccccc1)N1CCC(c2nnc3n2CCNC3)CC1. The van der Waals surface area contributed by atoms with Gasteiger partial charge < -0.3 is 19.5 Å². The molecule has 154 valence electrons. The van der Waals surface area contributed by atoms with Gasteiger partial charge in [-0.05, 0) is 31.2 Å². The van der Waals surface area contributed by atoms with Crippen LogP contribution in [0.15, 0.2) is 30.3 Å². The second kappa shape index (κ2) is 8.24. The van der Waals surface area contributed by atoms with Crippen molar-refractivity contribution < 1.29 is 9.53 Å². The van der Waals surface area contributed by atoms with E-state index >= 15 is 0 Å². The van der Waals surface area contributed by atoms with Gasteiger partial charge >= 0.3 is 0 Å². The average Bonchev–Trinajstić information content (AvgIpc) is 3.23. The second-order valence-corrected chi connectivity index (χ2v) is 8.35. The highest BCUT2D eigenvalue weighted by Gasteiger charge is 2.37. The molecule has 1 aromatic heterocycles. The van der Waals surface area contributed by atoms with Crippen molar-refractivity contribution in [2.24, 2.45) is 5.92 Å². The molecule has 2 aromatic rings. The Balaban J connectivity index is 1.25. The van der Waals surface area contributed by atoms with Gasteiger partial charge in [-0.1, -0.05) is 30.3 Å². The van der Waals surface area contributed by atoms with Crippen LogP contribution in [0.3, 0.4) is 0 Å². The molecule has 2 saturated heterocycles. The van der Waals surface area contributed by atoms with Crippen LogP contribution in [0.1, 0.15) is 54.9 Å². The molecule has 0 aliphatic carbocycles. The first-order valence-electron chi connectivity index (χ1n) is 10.9. The number of rotatable bonds is 3. The van der Waals surface area contributed by atoms with Gasteiger partial charge in [-0.15, -0.1) is 10.2 Å². The van der Waals surface area contributed by atoms with Gasteiger partial charge in [0.15, 0.2) is 0 Å². The molecule has 0 saturated carbocycles. The van der Waals surface area contributed by atoms with Crippen molar-refractivity contribution in [1.82, 2.24) is 25.0 Å². The quantitative estimate of drug-likeness (QED) is 0.863. The lowest BCUT2D eigenvalue weighted by Crippen LogP contribution is -2.44. The van der Waals surface area contributed by atoms with Crippen LogP contribution in [-0.2, 0) is 22.6 Å². The monoisotopic (exact) mass is 395 g/mol. The summed E-state index contributed by atoms with van der Waals surface area (Å²) in [6.45, 7) is 5.03. The van der Waals surface area contributed by atoms with Crippen molar-refractivity contribution >= 4 is 5.91 Å². The molecule has 2 atom stereocenters. The number of fused-ring (bicyclic) bond motifs is 1. The van der Waals surface area contributed by atoms with E-state index in [1.54, 1.807) is 0 Å². The molecule has 1 N–H and O–H groups in total. The molecule has 2 fully saturated rings. The van der Waals surface area contributed by atoms with E-state index in [9.17, 15) is 4.79 Å².